The van der Waals surface area contributed by atoms with E-state index in [0.717, 1.165) is 10.4 Å². The Morgan fingerprint density at radius 1 is 1.47 bits per heavy atom. The number of hydrogen-bond acceptors (Lipinski definition) is 4. The number of pyridine rings is 1. The lowest BCUT2D eigenvalue weighted by Gasteiger charge is -2.10. The predicted molar refractivity (Wildman–Crippen MR) is 67.3 cm³/mol. The molecule has 1 amide bonds. The van der Waals surface area contributed by atoms with Crippen LogP contribution in [-0.4, -0.2) is 10.9 Å². The number of nitrogens with two attached hydrogens (primary N) is 1. The summed E-state index contributed by atoms with van der Waals surface area (Å²) in [5, 5.41) is 4.70. The zero-order valence-electron chi connectivity index (χ0n) is 9.17. The van der Waals surface area contributed by atoms with E-state index in [9.17, 15) is 4.79 Å². The van der Waals surface area contributed by atoms with Crippen molar-refractivity contribution in [1.82, 2.24) is 10.3 Å². The third kappa shape index (κ3) is 3.12. The summed E-state index contributed by atoms with van der Waals surface area (Å²) in [6.45, 7) is 0.450. The van der Waals surface area contributed by atoms with E-state index in [4.69, 9.17) is 5.73 Å². The second kappa shape index (κ2) is 5.56. The van der Waals surface area contributed by atoms with Crippen LogP contribution in [0.15, 0.2) is 42.0 Å². The van der Waals surface area contributed by atoms with Crippen molar-refractivity contribution in [2.24, 2.45) is 5.73 Å². The molecule has 0 aliphatic heterocycles. The molecule has 17 heavy (non-hydrogen) atoms. The largest absolute Gasteiger partial charge is 0.350 e. The quantitative estimate of drug-likeness (QED) is 0.859. The molecular weight excluding hydrogens is 234 g/mol. The lowest BCUT2D eigenvalue weighted by molar-refractivity contribution is -0.122. The van der Waals surface area contributed by atoms with Crippen LogP contribution < -0.4 is 11.1 Å². The summed E-state index contributed by atoms with van der Waals surface area (Å²) < 4.78 is 0. The molecule has 3 N–H and O–H groups in total. The van der Waals surface area contributed by atoms with Gasteiger partial charge in [0.15, 0.2) is 0 Å². The number of thiophene rings is 1. The molecular formula is C12H13N3OS. The number of aromatic nitrogens is 1. The van der Waals surface area contributed by atoms with E-state index in [-0.39, 0.29) is 5.91 Å². The molecule has 88 valence electrons. The van der Waals surface area contributed by atoms with Crippen LogP contribution >= 0.6 is 11.3 Å². The molecule has 5 heteroatoms. The van der Waals surface area contributed by atoms with E-state index in [1.54, 1.807) is 12.4 Å². The first-order valence-electron chi connectivity index (χ1n) is 5.23. The molecule has 2 heterocycles. The molecule has 2 aromatic rings. The number of carbonyl (C=O) groups is 1. The number of nitrogens with one attached hydrogen (secondary N) is 1. The Hall–Kier alpha value is -1.72. The van der Waals surface area contributed by atoms with Crippen LogP contribution in [0.5, 0.6) is 0 Å². The molecule has 2 rings (SSSR count). The fraction of sp³-hybridized carbons (Fsp3) is 0.167. The van der Waals surface area contributed by atoms with Gasteiger partial charge in [0, 0.05) is 23.8 Å². The summed E-state index contributed by atoms with van der Waals surface area (Å²) in [4.78, 5) is 16.6. The van der Waals surface area contributed by atoms with E-state index in [2.05, 4.69) is 10.3 Å². The van der Waals surface area contributed by atoms with Gasteiger partial charge in [-0.05, 0) is 23.1 Å². The molecule has 0 fully saturated rings. The average molecular weight is 247 g/mol. The lowest BCUT2D eigenvalue weighted by Crippen LogP contribution is -2.33. The molecule has 0 radical (unpaired) electrons. The molecule has 0 bridgehead atoms. The summed E-state index contributed by atoms with van der Waals surface area (Å²) >= 11 is 1.48. The van der Waals surface area contributed by atoms with Gasteiger partial charge in [-0.15, -0.1) is 11.3 Å². The lowest BCUT2D eigenvalue weighted by atomic mass is 10.2. The van der Waals surface area contributed by atoms with Crippen LogP contribution in [-0.2, 0) is 11.3 Å². The predicted octanol–water partition coefficient (Wildman–Crippen LogP) is 1.46. The van der Waals surface area contributed by atoms with Crippen molar-refractivity contribution in [3.8, 4) is 0 Å². The van der Waals surface area contributed by atoms with Crippen molar-refractivity contribution in [2.45, 2.75) is 12.6 Å². The normalized spacial score (nSPS) is 12.1. The van der Waals surface area contributed by atoms with E-state index < -0.39 is 6.04 Å². The van der Waals surface area contributed by atoms with Gasteiger partial charge in [0.1, 0.15) is 6.04 Å². The molecule has 0 aromatic carbocycles. The molecule has 2 aromatic heterocycles. The van der Waals surface area contributed by atoms with Gasteiger partial charge in [0.25, 0.3) is 0 Å². The van der Waals surface area contributed by atoms with Crippen molar-refractivity contribution in [3.05, 3.63) is 52.5 Å². The zero-order valence-corrected chi connectivity index (χ0v) is 9.98. The van der Waals surface area contributed by atoms with E-state index >= 15 is 0 Å². The van der Waals surface area contributed by atoms with Crippen molar-refractivity contribution in [1.29, 1.82) is 0 Å². The Bertz CT molecular complexity index is 470. The van der Waals surface area contributed by atoms with Gasteiger partial charge in [0.05, 0.1) is 0 Å². The minimum atomic E-state index is -0.591. The third-order valence-electron chi connectivity index (χ3n) is 2.32. The molecule has 0 spiro atoms. The molecule has 0 aliphatic carbocycles. The van der Waals surface area contributed by atoms with Gasteiger partial charge in [-0.25, -0.2) is 0 Å². The second-order valence-corrected chi connectivity index (χ2v) is 4.55. The van der Waals surface area contributed by atoms with Gasteiger partial charge in [0.2, 0.25) is 5.91 Å². The highest BCUT2D eigenvalue weighted by molar-refractivity contribution is 7.10. The highest BCUT2D eigenvalue weighted by Gasteiger charge is 2.15. The number of rotatable bonds is 4. The van der Waals surface area contributed by atoms with Crippen LogP contribution in [0.1, 0.15) is 16.5 Å². The number of carbonyl (C=O) groups excluding carboxylic acids is 1. The Balaban J connectivity index is 1.90. The first-order valence-corrected chi connectivity index (χ1v) is 6.11. The van der Waals surface area contributed by atoms with Crippen LogP contribution in [0.25, 0.3) is 0 Å². The maximum absolute atomic E-state index is 11.8. The van der Waals surface area contributed by atoms with Crippen LogP contribution in [0.2, 0.25) is 0 Å². The Labute approximate surface area is 103 Å². The maximum Gasteiger partial charge on any atom is 0.242 e. The summed E-state index contributed by atoms with van der Waals surface area (Å²) in [6, 6.07) is 6.89. The molecule has 0 saturated heterocycles. The van der Waals surface area contributed by atoms with Crippen molar-refractivity contribution in [3.63, 3.8) is 0 Å². The zero-order chi connectivity index (χ0) is 12.1. The second-order valence-electron chi connectivity index (χ2n) is 3.57. The number of amides is 1. The highest BCUT2D eigenvalue weighted by atomic mass is 32.1. The van der Waals surface area contributed by atoms with Crippen molar-refractivity contribution in [2.75, 3.05) is 0 Å². The molecule has 1 atom stereocenters. The van der Waals surface area contributed by atoms with Gasteiger partial charge in [-0.2, -0.15) is 0 Å². The minimum absolute atomic E-state index is 0.170. The summed E-state index contributed by atoms with van der Waals surface area (Å²) in [7, 11) is 0. The fourth-order valence-electron chi connectivity index (χ4n) is 1.40. The van der Waals surface area contributed by atoms with Gasteiger partial charge >= 0.3 is 0 Å². The first kappa shape index (κ1) is 11.8. The van der Waals surface area contributed by atoms with E-state index in [0.29, 0.717) is 6.54 Å². The van der Waals surface area contributed by atoms with Crippen LogP contribution in [0.3, 0.4) is 0 Å². The summed E-state index contributed by atoms with van der Waals surface area (Å²) in [5.41, 5.74) is 6.79. The smallest absolute Gasteiger partial charge is 0.242 e. The van der Waals surface area contributed by atoms with Crippen LogP contribution in [0.4, 0.5) is 0 Å². The average Bonchev–Trinajstić information content (AvgIpc) is 2.90. The highest BCUT2D eigenvalue weighted by Crippen LogP contribution is 2.16. The van der Waals surface area contributed by atoms with Gasteiger partial charge in [-0.3, -0.25) is 9.78 Å². The van der Waals surface area contributed by atoms with Crippen molar-refractivity contribution >= 4 is 17.2 Å². The minimum Gasteiger partial charge on any atom is -0.350 e. The monoisotopic (exact) mass is 247 g/mol. The van der Waals surface area contributed by atoms with Crippen molar-refractivity contribution < 1.29 is 4.79 Å². The molecule has 1 unspecified atom stereocenters. The SMILES string of the molecule is NC(C(=O)NCc1cccnc1)c1cccs1. The molecule has 0 aliphatic rings. The number of hydrogen-bond donors (Lipinski definition) is 2. The maximum atomic E-state index is 11.8. The standard InChI is InChI=1S/C12H13N3OS/c13-11(10-4-2-6-17-10)12(16)15-8-9-3-1-5-14-7-9/h1-7,11H,8,13H2,(H,15,16). The molecule has 0 saturated carbocycles. The fourth-order valence-corrected chi connectivity index (χ4v) is 2.12. The Morgan fingerprint density at radius 2 is 2.35 bits per heavy atom. The number of nitrogens with zero attached hydrogens (tertiary/aromatic N) is 1. The van der Waals surface area contributed by atoms with Gasteiger partial charge < -0.3 is 11.1 Å². The summed E-state index contributed by atoms with van der Waals surface area (Å²) in [6.07, 6.45) is 3.42. The van der Waals surface area contributed by atoms with E-state index in [1.165, 1.54) is 11.3 Å². The van der Waals surface area contributed by atoms with E-state index in [1.807, 2.05) is 29.6 Å². The Kier molecular flexibility index (Phi) is 3.85. The topological polar surface area (TPSA) is 68.0 Å². The summed E-state index contributed by atoms with van der Waals surface area (Å²) in [5.74, 6) is -0.170. The van der Waals surface area contributed by atoms with Crippen LogP contribution in [0, 0.1) is 0 Å². The first-order chi connectivity index (χ1) is 8.27. The Morgan fingerprint density at radius 3 is 3.00 bits per heavy atom. The molecule has 4 nitrogen and oxygen atoms in total. The van der Waals surface area contributed by atoms with Gasteiger partial charge in [-0.1, -0.05) is 12.1 Å². The third-order valence-corrected chi connectivity index (χ3v) is 3.28.